The lowest BCUT2D eigenvalue weighted by Crippen LogP contribution is -2.08. The summed E-state index contributed by atoms with van der Waals surface area (Å²) in [6.45, 7) is 6.50. The zero-order valence-corrected chi connectivity index (χ0v) is 19.8. The van der Waals surface area contributed by atoms with Gasteiger partial charge < -0.3 is 15.2 Å². The number of fused-ring (bicyclic) bond motifs is 1. The minimum atomic E-state index is -0.187. The molecule has 0 aliphatic heterocycles. The molecular weight excluding hydrogens is 447 g/mol. The number of aromatic nitrogens is 3. The molecule has 0 aliphatic carbocycles. The molecule has 0 spiro atoms. The summed E-state index contributed by atoms with van der Waals surface area (Å²) in [6, 6.07) is 9.79. The number of nitrogen functional groups attached to an aromatic ring is 1. The predicted octanol–water partition coefficient (Wildman–Crippen LogP) is 6.15. The molecule has 8 heteroatoms. The highest BCUT2D eigenvalue weighted by molar-refractivity contribution is 6.33. The second kappa shape index (κ2) is 8.88. The largest absolute Gasteiger partial charge is 0.497 e. The first-order valence-electron chi connectivity index (χ1n) is 10.3. The van der Waals surface area contributed by atoms with Crippen LogP contribution in [0.25, 0.3) is 16.6 Å². The molecule has 0 amide bonds. The van der Waals surface area contributed by atoms with Gasteiger partial charge in [0.15, 0.2) is 11.0 Å². The Kier molecular flexibility index (Phi) is 6.17. The topological polar surface area (TPSA) is 74.7 Å². The van der Waals surface area contributed by atoms with E-state index in [1.165, 1.54) is 0 Å². The van der Waals surface area contributed by atoms with Crippen LogP contribution in [0.5, 0.6) is 11.5 Å². The molecule has 2 heterocycles. The molecule has 2 aromatic heterocycles. The molecule has 0 unspecified atom stereocenters. The van der Waals surface area contributed by atoms with Crippen molar-refractivity contribution < 1.29 is 9.47 Å². The molecule has 6 nitrogen and oxygen atoms in total. The van der Waals surface area contributed by atoms with Crippen molar-refractivity contribution in [1.82, 2.24) is 14.4 Å². The van der Waals surface area contributed by atoms with Crippen molar-refractivity contribution in [3.8, 4) is 22.6 Å². The van der Waals surface area contributed by atoms with Crippen LogP contribution in [-0.2, 0) is 0 Å². The molecule has 0 bridgehead atoms. The summed E-state index contributed by atoms with van der Waals surface area (Å²) in [5.41, 5.74) is 10.4. The van der Waals surface area contributed by atoms with E-state index >= 15 is 0 Å². The maximum absolute atomic E-state index is 6.72. The maximum Gasteiger partial charge on any atom is 0.158 e. The first-order chi connectivity index (χ1) is 15.4. The molecule has 0 saturated carbocycles. The van der Waals surface area contributed by atoms with Crippen LogP contribution in [0.4, 0.5) is 5.82 Å². The third kappa shape index (κ3) is 3.74. The van der Waals surface area contributed by atoms with Gasteiger partial charge in [0.2, 0.25) is 0 Å². The summed E-state index contributed by atoms with van der Waals surface area (Å²) < 4.78 is 13.4. The molecule has 2 aromatic carbocycles. The Balaban J connectivity index is 1.95. The fraction of sp³-hybridized carbons (Fsp3) is 0.250. The molecule has 166 valence electrons. The number of nitrogens with two attached hydrogens (primary N) is 1. The van der Waals surface area contributed by atoms with Gasteiger partial charge in [-0.1, -0.05) is 42.3 Å². The van der Waals surface area contributed by atoms with E-state index in [1.54, 1.807) is 19.5 Å². The van der Waals surface area contributed by atoms with Crippen LogP contribution in [0.2, 0.25) is 10.2 Å². The van der Waals surface area contributed by atoms with E-state index in [0.29, 0.717) is 28.1 Å². The van der Waals surface area contributed by atoms with Crippen molar-refractivity contribution in [2.24, 2.45) is 0 Å². The lowest BCUT2D eigenvalue weighted by Gasteiger charge is -2.22. The monoisotopic (exact) mass is 470 g/mol. The number of nitrogens with zero attached hydrogens (tertiary/aromatic N) is 3. The Morgan fingerprint density at radius 2 is 1.91 bits per heavy atom. The zero-order chi connectivity index (χ0) is 23.0. The van der Waals surface area contributed by atoms with Crippen molar-refractivity contribution in [3.63, 3.8) is 0 Å². The Morgan fingerprint density at radius 1 is 1.19 bits per heavy atom. The second-order valence-electron chi connectivity index (χ2n) is 7.45. The molecule has 32 heavy (non-hydrogen) atoms. The number of anilines is 1. The molecule has 1 atom stereocenters. The zero-order valence-electron chi connectivity index (χ0n) is 18.3. The number of hydrogen-bond donors (Lipinski definition) is 1. The average Bonchev–Trinajstić information content (AvgIpc) is 3.14. The molecule has 0 saturated heterocycles. The van der Waals surface area contributed by atoms with Gasteiger partial charge in [-0.15, -0.1) is 0 Å². The molecule has 0 aliphatic rings. The Morgan fingerprint density at radius 3 is 2.56 bits per heavy atom. The van der Waals surface area contributed by atoms with Crippen molar-refractivity contribution >= 4 is 34.5 Å². The van der Waals surface area contributed by atoms with Gasteiger partial charge in [0.05, 0.1) is 13.7 Å². The van der Waals surface area contributed by atoms with E-state index in [9.17, 15) is 0 Å². The molecule has 2 N–H and O–H groups in total. The van der Waals surface area contributed by atoms with E-state index in [4.69, 9.17) is 38.4 Å². The van der Waals surface area contributed by atoms with Crippen LogP contribution in [0.15, 0.2) is 42.7 Å². The van der Waals surface area contributed by atoms with E-state index in [-0.39, 0.29) is 5.92 Å². The van der Waals surface area contributed by atoms with Gasteiger partial charge in [0, 0.05) is 34.5 Å². The highest BCUT2D eigenvalue weighted by Crippen LogP contribution is 2.45. The predicted molar refractivity (Wildman–Crippen MR) is 129 cm³/mol. The van der Waals surface area contributed by atoms with Crippen molar-refractivity contribution in [2.75, 3.05) is 19.5 Å². The first-order valence-corrected chi connectivity index (χ1v) is 11.0. The lowest BCUT2D eigenvalue weighted by molar-refractivity contribution is 0.336. The quantitative estimate of drug-likeness (QED) is 0.365. The number of benzene rings is 2. The molecule has 4 aromatic rings. The maximum atomic E-state index is 6.72. The van der Waals surface area contributed by atoms with Crippen molar-refractivity contribution in [1.29, 1.82) is 0 Å². The third-order valence-electron chi connectivity index (χ3n) is 5.59. The molecule has 0 fully saturated rings. The number of rotatable bonds is 6. The summed E-state index contributed by atoms with van der Waals surface area (Å²) in [6.07, 6.45) is 3.43. The van der Waals surface area contributed by atoms with Crippen LogP contribution in [0.3, 0.4) is 0 Å². The van der Waals surface area contributed by atoms with E-state index in [0.717, 1.165) is 39.6 Å². The van der Waals surface area contributed by atoms with E-state index in [2.05, 4.69) is 9.97 Å². The number of imidazole rings is 1. The summed E-state index contributed by atoms with van der Waals surface area (Å²) in [5, 5.41) is 0.957. The SMILES string of the molecule is CCOc1c([C@H](C)c2nc(Cl)c3c(N)nccn23)cc(Cl)c(C)c1-c1ccc(OC)cc1. The minimum absolute atomic E-state index is 0.187. The summed E-state index contributed by atoms with van der Waals surface area (Å²) in [4.78, 5) is 8.73. The van der Waals surface area contributed by atoms with Gasteiger partial charge in [0.1, 0.15) is 22.8 Å². The van der Waals surface area contributed by atoms with Gasteiger partial charge in [0.25, 0.3) is 0 Å². The Hall–Kier alpha value is -2.96. The standard InChI is InChI=1S/C24H24Cl2N4O2/c1-5-32-21-17(13(2)24-29-22(26)20-23(27)28-10-11-30(20)24)12-18(25)14(3)19(21)15-6-8-16(31-4)9-7-15/h6-13H,5H2,1-4H3,(H2,27,28)/t13-/m0/s1. The number of halogens is 2. The van der Waals surface area contributed by atoms with Crippen LogP contribution in [0, 0.1) is 6.92 Å². The van der Waals surface area contributed by atoms with Gasteiger partial charge in [-0.05, 0) is 43.2 Å². The number of methoxy groups -OCH3 is 1. The Labute approximate surface area is 196 Å². The summed E-state index contributed by atoms with van der Waals surface area (Å²) in [5.74, 6) is 2.41. The van der Waals surface area contributed by atoms with Crippen molar-refractivity contribution in [2.45, 2.75) is 26.7 Å². The smallest absolute Gasteiger partial charge is 0.158 e. The van der Waals surface area contributed by atoms with Crippen LogP contribution >= 0.6 is 23.2 Å². The van der Waals surface area contributed by atoms with Crippen LogP contribution in [0.1, 0.15) is 36.7 Å². The first kappa shape index (κ1) is 22.2. The highest BCUT2D eigenvalue weighted by Gasteiger charge is 2.26. The van der Waals surface area contributed by atoms with Gasteiger partial charge >= 0.3 is 0 Å². The van der Waals surface area contributed by atoms with Crippen LogP contribution < -0.4 is 15.2 Å². The summed E-state index contributed by atoms with van der Waals surface area (Å²) in [7, 11) is 1.65. The molecule has 0 radical (unpaired) electrons. The van der Waals surface area contributed by atoms with E-state index < -0.39 is 0 Å². The average molecular weight is 471 g/mol. The van der Waals surface area contributed by atoms with E-state index in [1.807, 2.05) is 55.5 Å². The fourth-order valence-electron chi connectivity index (χ4n) is 3.96. The minimum Gasteiger partial charge on any atom is -0.497 e. The highest BCUT2D eigenvalue weighted by atomic mass is 35.5. The number of ether oxygens (including phenoxy) is 2. The Bertz CT molecular complexity index is 1290. The molecular formula is C24H24Cl2N4O2. The van der Waals surface area contributed by atoms with Gasteiger partial charge in [-0.25, -0.2) is 9.97 Å². The second-order valence-corrected chi connectivity index (χ2v) is 8.22. The van der Waals surface area contributed by atoms with Crippen molar-refractivity contribution in [3.05, 3.63) is 69.9 Å². The van der Waals surface area contributed by atoms with Gasteiger partial charge in [-0.2, -0.15) is 0 Å². The third-order valence-corrected chi connectivity index (χ3v) is 6.25. The lowest BCUT2D eigenvalue weighted by atomic mass is 9.90. The summed E-state index contributed by atoms with van der Waals surface area (Å²) >= 11 is 13.1. The fourth-order valence-corrected chi connectivity index (χ4v) is 4.44. The normalized spacial score (nSPS) is 12.2. The van der Waals surface area contributed by atoms with Gasteiger partial charge in [-0.3, -0.25) is 4.40 Å². The number of hydrogen-bond acceptors (Lipinski definition) is 5. The van der Waals surface area contributed by atoms with Crippen LogP contribution in [-0.4, -0.2) is 28.1 Å². The molecule has 4 rings (SSSR count).